The van der Waals surface area contributed by atoms with E-state index >= 15 is 0 Å². The number of aromatic nitrogens is 4. The number of H-pyrrole nitrogens is 1. The zero-order valence-electron chi connectivity index (χ0n) is 9.14. The number of nitrogen functional groups attached to an aromatic ring is 1. The Balaban J connectivity index is 2.09. The highest BCUT2D eigenvalue weighted by atomic mass is 15.2. The van der Waals surface area contributed by atoms with Crippen LogP contribution in [0, 0.1) is 0 Å². The minimum Gasteiger partial charge on any atom is -0.368 e. The summed E-state index contributed by atoms with van der Waals surface area (Å²) in [6, 6.07) is 0.570. The van der Waals surface area contributed by atoms with Crippen LogP contribution in [0.3, 0.4) is 0 Å². The maximum Gasteiger partial charge on any atom is 0.224 e. The van der Waals surface area contributed by atoms with Crippen molar-refractivity contribution in [3.05, 3.63) is 6.33 Å². The molecule has 0 spiro atoms. The molecule has 0 saturated heterocycles. The molecule has 1 saturated carbocycles. The third-order valence-electron chi connectivity index (χ3n) is 3.24. The summed E-state index contributed by atoms with van der Waals surface area (Å²) in [5, 5.41) is 0. The zero-order valence-corrected chi connectivity index (χ0v) is 9.14. The van der Waals surface area contributed by atoms with E-state index in [2.05, 4.69) is 24.8 Å². The number of aromatic amines is 1. The summed E-state index contributed by atoms with van der Waals surface area (Å²) in [7, 11) is 2.05. The van der Waals surface area contributed by atoms with Gasteiger partial charge in [-0.1, -0.05) is 0 Å². The Morgan fingerprint density at radius 2 is 2.25 bits per heavy atom. The fourth-order valence-electron chi connectivity index (χ4n) is 2.04. The van der Waals surface area contributed by atoms with Crippen LogP contribution in [0.4, 0.5) is 11.8 Å². The predicted octanol–water partition coefficient (Wildman–Crippen LogP) is 0.924. The van der Waals surface area contributed by atoms with Crippen LogP contribution in [0.25, 0.3) is 11.2 Å². The van der Waals surface area contributed by atoms with Gasteiger partial charge in [0, 0.05) is 13.1 Å². The topological polar surface area (TPSA) is 83.7 Å². The minimum atomic E-state index is 0.278. The average molecular weight is 218 g/mol. The fraction of sp³-hybridized carbons (Fsp3) is 0.500. The lowest BCUT2D eigenvalue weighted by Crippen LogP contribution is -2.37. The Morgan fingerprint density at radius 1 is 1.44 bits per heavy atom. The second kappa shape index (κ2) is 3.33. The van der Waals surface area contributed by atoms with Crippen molar-refractivity contribution < 1.29 is 0 Å². The Hall–Kier alpha value is -1.85. The third kappa shape index (κ3) is 1.30. The molecule has 0 amide bonds. The summed E-state index contributed by atoms with van der Waals surface area (Å²) in [5.74, 6) is 1.13. The monoisotopic (exact) mass is 218 g/mol. The SMILES string of the molecule is CN(c1nc(N)nc2nc[nH]c12)C1CCC1. The number of rotatable bonds is 2. The maximum absolute atomic E-state index is 5.68. The van der Waals surface area contributed by atoms with Gasteiger partial charge in [-0.25, -0.2) is 4.98 Å². The molecule has 0 atom stereocenters. The van der Waals surface area contributed by atoms with E-state index in [1.807, 2.05) is 7.05 Å². The van der Waals surface area contributed by atoms with Crippen molar-refractivity contribution in [3.63, 3.8) is 0 Å². The molecule has 1 fully saturated rings. The molecule has 6 nitrogen and oxygen atoms in total. The molecular weight excluding hydrogens is 204 g/mol. The second-order valence-corrected chi connectivity index (χ2v) is 4.20. The van der Waals surface area contributed by atoms with E-state index in [1.54, 1.807) is 6.33 Å². The smallest absolute Gasteiger partial charge is 0.224 e. The first-order valence-corrected chi connectivity index (χ1v) is 5.45. The molecule has 2 aromatic rings. The number of fused-ring (bicyclic) bond motifs is 1. The van der Waals surface area contributed by atoms with Gasteiger partial charge in [-0.05, 0) is 19.3 Å². The number of nitrogens with one attached hydrogen (secondary N) is 1. The molecule has 1 aliphatic rings. The van der Waals surface area contributed by atoms with Crippen LogP contribution in [0.1, 0.15) is 19.3 Å². The summed E-state index contributed by atoms with van der Waals surface area (Å²) in [5.41, 5.74) is 7.18. The number of anilines is 2. The van der Waals surface area contributed by atoms with Gasteiger partial charge in [0.25, 0.3) is 0 Å². The first-order chi connectivity index (χ1) is 7.75. The molecule has 0 bridgehead atoms. The summed E-state index contributed by atoms with van der Waals surface area (Å²) < 4.78 is 0. The Kier molecular flexibility index (Phi) is 1.95. The summed E-state index contributed by atoms with van der Waals surface area (Å²) in [4.78, 5) is 17.7. The summed E-state index contributed by atoms with van der Waals surface area (Å²) in [6.07, 6.45) is 5.35. The van der Waals surface area contributed by atoms with Gasteiger partial charge in [-0.2, -0.15) is 9.97 Å². The Labute approximate surface area is 92.9 Å². The maximum atomic E-state index is 5.68. The fourth-order valence-corrected chi connectivity index (χ4v) is 2.04. The predicted molar refractivity (Wildman–Crippen MR) is 62.1 cm³/mol. The quantitative estimate of drug-likeness (QED) is 0.783. The molecule has 1 aliphatic carbocycles. The van der Waals surface area contributed by atoms with Crippen molar-refractivity contribution in [2.24, 2.45) is 0 Å². The first kappa shape index (κ1) is 9.38. The number of nitrogens with two attached hydrogens (primary N) is 1. The molecule has 16 heavy (non-hydrogen) atoms. The van der Waals surface area contributed by atoms with Crippen molar-refractivity contribution in [2.45, 2.75) is 25.3 Å². The van der Waals surface area contributed by atoms with Crippen LogP contribution in [0.5, 0.6) is 0 Å². The molecule has 0 radical (unpaired) electrons. The van der Waals surface area contributed by atoms with Crippen molar-refractivity contribution in [2.75, 3.05) is 17.7 Å². The van der Waals surface area contributed by atoms with E-state index in [4.69, 9.17) is 5.73 Å². The van der Waals surface area contributed by atoms with Crippen molar-refractivity contribution in [1.29, 1.82) is 0 Å². The van der Waals surface area contributed by atoms with Crippen molar-refractivity contribution in [3.8, 4) is 0 Å². The standard InChI is InChI=1S/C10H14N6/c1-16(6-3-2-4-6)9-7-8(13-5-12-7)14-10(11)15-9/h5-6H,2-4H2,1H3,(H3,11,12,13,14,15). The van der Waals surface area contributed by atoms with Gasteiger partial charge < -0.3 is 15.6 Å². The van der Waals surface area contributed by atoms with Crippen molar-refractivity contribution >= 4 is 22.9 Å². The molecule has 0 aliphatic heterocycles. The van der Waals surface area contributed by atoms with Gasteiger partial charge in [-0.3, -0.25) is 0 Å². The molecule has 2 heterocycles. The lowest BCUT2D eigenvalue weighted by atomic mass is 9.92. The number of hydrogen-bond donors (Lipinski definition) is 2. The number of hydrogen-bond acceptors (Lipinski definition) is 5. The van der Waals surface area contributed by atoms with Gasteiger partial charge in [0.1, 0.15) is 5.52 Å². The van der Waals surface area contributed by atoms with Gasteiger partial charge in [0.15, 0.2) is 11.5 Å². The molecule has 3 N–H and O–H groups in total. The zero-order chi connectivity index (χ0) is 11.1. The van der Waals surface area contributed by atoms with Crippen LogP contribution >= 0.6 is 0 Å². The molecular formula is C10H14N6. The molecule has 84 valence electrons. The Bertz CT molecular complexity index is 515. The third-order valence-corrected chi connectivity index (χ3v) is 3.24. The van der Waals surface area contributed by atoms with E-state index in [9.17, 15) is 0 Å². The van der Waals surface area contributed by atoms with Gasteiger partial charge in [-0.15, -0.1) is 0 Å². The van der Waals surface area contributed by atoms with Crippen LogP contribution in [-0.2, 0) is 0 Å². The van der Waals surface area contributed by atoms with E-state index in [-0.39, 0.29) is 5.95 Å². The highest BCUT2D eigenvalue weighted by Crippen LogP contribution is 2.30. The molecule has 0 aromatic carbocycles. The van der Waals surface area contributed by atoms with E-state index in [0.717, 1.165) is 11.3 Å². The second-order valence-electron chi connectivity index (χ2n) is 4.20. The van der Waals surface area contributed by atoms with Crippen LogP contribution in [-0.4, -0.2) is 33.0 Å². The Morgan fingerprint density at radius 3 is 2.94 bits per heavy atom. The van der Waals surface area contributed by atoms with Gasteiger partial charge in [0.05, 0.1) is 6.33 Å². The lowest BCUT2D eigenvalue weighted by Gasteiger charge is -2.35. The van der Waals surface area contributed by atoms with Crippen LogP contribution in [0.2, 0.25) is 0 Å². The molecule has 0 unspecified atom stereocenters. The molecule has 6 heteroatoms. The lowest BCUT2D eigenvalue weighted by molar-refractivity contribution is 0.400. The number of imidazole rings is 1. The summed E-state index contributed by atoms with van der Waals surface area (Å²) >= 11 is 0. The van der Waals surface area contributed by atoms with E-state index < -0.39 is 0 Å². The van der Waals surface area contributed by atoms with Crippen LogP contribution < -0.4 is 10.6 Å². The first-order valence-electron chi connectivity index (χ1n) is 5.45. The molecule has 2 aromatic heterocycles. The summed E-state index contributed by atoms with van der Waals surface area (Å²) in [6.45, 7) is 0. The van der Waals surface area contributed by atoms with Crippen molar-refractivity contribution in [1.82, 2.24) is 19.9 Å². The minimum absolute atomic E-state index is 0.278. The van der Waals surface area contributed by atoms with Crippen LogP contribution in [0.15, 0.2) is 6.33 Å². The molecule has 3 rings (SSSR count). The highest BCUT2D eigenvalue weighted by Gasteiger charge is 2.25. The average Bonchev–Trinajstić information content (AvgIpc) is 2.60. The highest BCUT2D eigenvalue weighted by molar-refractivity contribution is 5.84. The largest absolute Gasteiger partial charge is 0.368 e. The van der Waals surface area contributed by atoms with Gasteiger partial charge >= 0.3 is 0 Å². The van der Waals surface area contributed by atoms with E-state index in [1.165, 1.54) is 19.3 Å². The normalized spacial score (nSPS) is 16.3. The van der Waals surface area contributed by atoms with E-state index in [0.29, 0.717) is 11.7 Å². The van der Waals surface area contributed by atoms with Gasteiger partial charge in [0.2, 0.25) is 5.95 Å². The number of nitrogens with zero attached hydrogens (tertiary/aromatic N) is 4.